The number of ketones is 1. The molecule has 9 heterocycles. The lowest BCUT2D eigenvalue weighted by Crippen LogP contribution is -2.58. The van der Waals surface area contributed by atoms with Crippen LogP contribution in [-0.2, 0) is 28.5 Å². The number of rotatable bonds is 8. The maximum Gasteiger partial charge on any atom is 0.410 e. The summed E-state index contributed by atoms with van der Waals surface area (Å²) < 4.78 is 26.3. The normalized spacial score (nSPS) is 27.1. The number of Topliss-reactive ketones (excluding diaryl/α,β-unsaturated/α-hetero) is 1. The topological polar surface area (TPSA) is 245 Å². The van der Waals surface area contributed by atoms with E-state index in [1.54, 1.807) is 18.9 Å². The monoisotopic (exact) mass is 1370 g/mol. The second-order valence-corrected chi connectivity index (χ2v) is 32.1. The lowest BCUT2D eigenvalue weighted by Gasteiger charge is -2.48. The Balaban J connectivity index is 0.000000166. The first kappa shape index (κ1) is 76.7. The fourth-order valence-corrected chi connectivity index (χ4v) is 18.0. The molecule has 24 nitrogen and oxygen atoms in total. The van der Waals surface area contributed by atoms with Crippen LogP contribution >= 0.6 is 11.6 Å². The molecule has 5 atom stereocenters. The number of nitrogens with one attached hydrogen (secondary N) is 3. The van der Waals surface area contributed by atoms with Crippen molar-refractivity contribution in [3.8, 4) is 0 Å². The lowest BCUT2D eigenvalue weighted by molar-refractivity contribution is -0.119. The summed E-state index contributed by atoms with van der Waals surface area (Å²) in [6.45, 7) is 32.7. The molecule has 0 aromatic carbocycles. The maximum absolute atomic E-state index is 12.7. The third-order valence-electron chi connectivity index (χ3n) is 22.6. The highest BCUT2D eigenvalue weighted by Gasteiger charge is 2.54. The fraction of sp³-hybridized carbons (Fsp3) is 0.887. The van der Waals surface area contributed by atoms with Crippen molar-refractivity contribution in [1.29, 1.82) is 0 Å². The molecular formula is C71H122ClN11O13. The average Bonchev–Trinajstić information content (AvgIpc) is 1.59. The molecule has 0 bridgehead atoms. The molecule has 9 saturated heterocycles. The molecule has 3 spiro atoms. The van der Waals surface area contributed by atoms with Crippen LogP contribution in [0, 0.1) is 34.0 Å². The molecule has 3 aliphatic carbocycles. The highest BCUT2D eigenvalue weighted by molar-refractivity contribution is 6.62. The average molecular weight is 1370 g/mol. The number of halogens is 1. The summed E-state index contributed by atoms with van der Waals surface area (Å²) in [6, 6.07) is 2.60. The molecule has 3 N–H and O–H groups in total. The van der Waals surface area contributed by atoms with Crippen molar-refractivity contribution in [2.45, 2.75) is 239 Å². The molecule has 0 aromatic heterocycles. The number of amides is 8. The number of likely N-dealkylation sites (tertiary alicyclic amines) is 8. The quantitative estimate of drug-likeness (QED) is 0.116. The second kappa shape index (κ2) is 34.3. The summed E-state index contributed by atoms with van der Waals surface area (Å²) >= 11 is 4.71. The van der Waals surface area contributed by atoms with Crippen molar-refractivity contribution >= 4 is 59.2 Å². The van der Waals surface area contributed by atoms with Gasteiger partial charge in [0.05, 0.1) is 19.8 Å². The molecule has 12 aliphatic rings. The van der Waals surface area contributed by atoms with Gasteiger partial charge in [0.2, 0.25) is 0 Å². The molecule has 546 valence electrons. The molecule has 0 aromatic rings. The molecule has 96 heavy (non-hydrogen) atoms. The van der Waals surface area contributed by atoms with Gasteiger partial charge in [-0.3, -0.25) is 9.59 Å². The minimum Gasteiger partial charge on any atom is -0.450 e. The summed E-state index contributed by atoms with van der Waals surface area (Å²) in [5, 5.41) is 7.83. The van der Waals surface area contributed by atoms with Crippen molar-refractivity contribution in [2.24, 2.45) is 34.0 Å². The van der Waals surface area contributed by atoms with Gasteiger partial charge in [-0.15, -0.1) is 0 Å². The Bertz CT molecular complexity index is 2580. The van der Waals surface area contributed by atoms with Gasteiger partial charge in [-0.05, 0) is 253 Å². The largest absolute Gasteiger partial charge is 0.450 e. The number of carbonyl (C=O) groups is 8. The van der Waals surface area contributed by atoms with Crippen molar-refractivity contribution in [3.05, 3.63) is 0 Å². The zero-order valence-electron chi connectivity index (χ0n) is 60.5. The molecule has 0 radical (unpaired) electrons. The Kier molecular flexibility index (Phi) is 27.4. The summed E-state index contributed by atoms with van der Waals surface area (Å²) in [5.74, 6) is 2.23. The minimum absolute atomic E-state index is 0.0961. The summed E-state index contributed by atoms with van der Waals surface area (Å²) in [7, 11) is 3.20. The van der Waals surface area contributed by atoms with E-state index in [2.05, 4.69) is 30.7 Å². The molecular weight excluding hydrogens is 1250 g/mol. The van der Waals surface area contributed by atoms with E-state index >= 15 is 0 Å². The number of piperidine rings is 3. The van der Waals surface area contributed by atoms with E-state index in [-0.39, 0.29) is 41.9 Å². The second-order valence-electron chi connectivity index (χ2n) is 31.8. The lowest BCUT2D eigenvalue weighted by atomic mass is 9.78. The Morgan fingerprint density at radius 2 is 0.833 bits per heavy atom. The van der Waals surface area contributed by atoms with Crippen LogP contribution in [0.3, 0.4) is 0 Å². The first-order valence-corrected chi connectivity index (χ1v) is 37.3. The predicted molar refractivity (Wildman–Crippen MR) is 368 cm³/mol. The maximum atomic E-state index is 12.7. The summed E-state index contributed by atoms with van der Waals surface area (Å²) in [6.07, 6.45) is 22.8. The van der Waals surface area contributed by atoms with Gasteiger partial charge >= 0.3 is 41.9 Å². The minimum atomic E-state index is -0.523. The van der Waals surface area contributed by atoms with Crippen LogP contribution in [0.2, 0.25) is 0 Å². The highest BCUT2D eigenvalue weighted by Crippen LogP contribution is 2.50. The van der Waals surface area contributed by atoms with Crippen molar-refractivity contribution in [3.63, 3.8) is 0 Å². The van der Waals surface area contributed by atoms with Gasteiger partial charge in [0.15, 0.2) is 0 Å². The van der Waals surface area contributed by atoms with Gasteiger partial charge in [-0.1, -0.05) is 0 Å². The SMILES string of the molecule is CC(C)(C)OC(=O)N1CCC[C@H]1C1CCNCC1.CCOC(=O)N1CC2(CCC(=O)C2)C1.CCOC(=O)N1CC2(CCC(N3CCC([C@@H]4CCCN4C(=O)NC)CC3)C2)C1.CCOC(=O)N1CC2(CCC(N3CCC([C@@H]4CCCN4C(=O)OC(C)(C)C)CC3)C2)C1.CNC(=O)Cl. The van der Waals surface area contributed by atoms with Crippen molar-refractivity contribution < 1.29 is 62.0 Å². The van der Waals surface area contributed by atoms with E-state index in [1.165, 1.54) is 84.1 Å². The van der Waals surface area contributed by atoms with Crippen LogP contribution in [0.15, 0.2) is 0 Å². The van der Waals surface area contributed by atoms with Crippen LogP contribution in [0.1, 0.15) is 197 Å². The number of hydrogen-bond acceptors (Lipinski definition) is 16. The Labute approximate surface area is 578 Å². The molecule has 8 amide bonds. The molecule has 3 saturated carbocycles. The van der Waals surface area contributed by atoms with Crippen LogP contribution in [0.5, 0.6) is 0 Å². The van der Waals surface area contributed by atoms with Gasteiger partial charge in [-0.25, -0.2) is 28.8 Å². The Morgan fingerprint density at radius 1 is 0.479 bits per heavy atom. The van der Waals surface area contributed by atoms with Crippen LogP contribution in [0.25, 0.3) is 0 Å². The van der Waals surface area contributed by atoms with Gasteiger partial charge in [0.1, 0.15) is 17.0 Å². The third-order valence-corrected chi connectivity index (χ3v) is 22.8. The summed E-state index contributed by atoms with van der Waals surface area (Å²) in [4.78, 5) is 109. The smallest absolute Gasteiger partial charge is 0.410 e. The zero-order chi connectivity index (χ0) is 69.6. The number of ether oxygens (including phenoxy) is 5. The highest BCUT2D eigenvalue weighted by atomic mass is 35.5. The number of urea groups is 1. The van der Waals surface area contributed by atoms with E-state index in [0.29, 0.717) is 110 Å². The Hall–Kier alpha value is -5.07. The van der Waals surface area contributed by atoms with E-state index in [1.807, 2.05) is 75.0 Å². The van der Waals surface area contributed by atoms with E-state index < -0.39 is 16.6 Å². The van der Waals surface area contributed by atoms with Gasteiger partial charge < -0.3 is 78.8 Å². The molecule has 25 heteroatoms. The summed E-state index contributed by atoms with van der Waals surface area (Å²) in [5.41, 5.74) is -0.0401. The van der Waals surface area contributed by atoms with Gasteiger partial charge in [-0.2, -0.15) is 0 Å². The van der Waals surface area contributed by atoms with Crippen LogP contribution in [0.4, 0.5) is 33.6 Å². The fourth-order valence-electron chi connectivity index (χ4n) is 18.0. The van der Waals surface area contributed by atoms with Crippen LogP contribution < -0.4 is 16.0 Å². The van der Waals surface area contributed by atoms with E-state index in [4.69, 9.17) is 35.3 Å². The molecule has 12 rings (SSSR count). The zero-order valence-corrected chi connectivity index (χ0v) is 61.2. The molecule has 9 aliphatic heterocycles. The number of hydrogen-bond donors (Lipinski definition) is 3. The first-order chi connectivity index (χ1) is 45.6. The van der Waals surface area contributed by atoms with Crippen LogP contribution in [-0.4, -0.2) is 260 Å². The Morgan fingerprint density at radius 3 is 1.17 bits per heavy atom. The predicted octanol–water partition coefficient (Wildman–Crippen LogP) is 10.8. The number of nitrogens with zero attached hydrogens (tertiary/aromatic N) is 8. The van der Waals surface area contributed by atoms with Gasteiger partial charge in [0, 0.05) is 132 Å². The molecule has 12 fully saturated rings. The van der Waals surface area contributed by atoms with Crippen molar-refractivity contribution in [2.75, 3.05) is 132 Å². The standard InChI is InChI=1S/C24H41N3O4.C21H36N4O3.C14H26N2O2.C10H15NO3.C2H4ClNO/c1-5-30-21(28)26-16-24(17-26)11-8-19(15-24)25-13-9-18(10-14-25)20-7-6-12-27(20)22(29)31-23(2,3)4;1-3-28-20(27)24-14-21(15-24)9-6-17(13-21)23-11-7-16(8-12-23)18-5-4-10-25(18)19(26)22-2;1-14(2,3)18-13(17)16-10-4-5-12(16)11-6-8-15-9-7-11;1-2-14-9(13)11-6-10(7-11)4-3-8(12)5-10;1-4-2(3)5/h18-20H,5-17H2,1-4H3;16-18H,3-15H2,1-2H3,(H,22,26);11-12,15H,4-10H2,1-3H3;2-7H2,1H3;1H3,(H,4,5)/t19?,20-;17?,18-;12-;;/m000../s1. The first-order valence-electron chi connectivity index (χ1n) is 36.9. The van der Waals surface area contributed by atoms with E-state index in [0.717, 1.165) is 130 Å². The van der Waals surface area contributed by atoms with E-state index in [9.17, 15) is 38.4 Å². The third kappa shape index (κ3) is 20.5. The molecule has 2 unspecified atom stereocenters. The van der Waals surface area contributed by atoms with Crippen molar-refractivity contribution in [1.82, 2.24) is 55.1 Å². The van der Waals surface area contributed by atoms with Gasteiger partial charge in [0.25, 0.3) is 0 Å². The number of carbonyl (C=O) groups excluding carboxylic acids is 8.